The lowest BCUT2D eigenvalue weighted by atomic mass is 9.76. The predicted octanol–water partition coefficient (Wildman–Crippen LogP) is 1.10. The zero-order chi connectivity index (χ0) is 8.27. The van der Waals surface area contributed by atoms with Crippen LogP contribution in [-0.4, -0.2) is 13.1 Å². The van der Waals surface area contributed by atoms with E-state index in [1.54, 1.807) is 0 Å². The first-order chi connectivity index (χ1) is 5.29. The van der Waals surface area contributed by atoms with Crippen LogP contribution in [-0.2, 0) is 9.53 Å². The van der Waals surface area contributed by atoms with Gasteiger partial charge in [0, 0.05) is 0 Å². The molecule has 11 heavy (non-hydrogen) atoms. The van der Waals surface area contributed by atoms with Crippen LogP contribution in [0.25, 0.3) is 0 Å². The van der Waals surface area contributed by atoms with Gasteiger partial charge in [-0.25, -0.2) is 0 Å². The molecular weight excluding hydrogens is 142 g/mol. The average molecular weight is 153 g/mol. The van der Waals surface area contributed by atoms with E-state index >= 15 is 0 Å². The van der Waals surface area contributed by atoms with Crippen LogP contribution >= 0.6 is 0 Å². The van der Waals surface area contributed by atoms with Gasteiger partial charge in [0.1, 0.15) is 5.92 Å². The van der Waals surface area contributed by atoms with Crippen molar-refractivity contribution in [3.63, 3.8) is 0 Å². The molecule has 1 fully saturated rings. The number of rotatable bonds is 2. The Labute approximate surface area is 66.0 Å². The minimum Gasteiger partial charge on any atom is -0.468 e. The van der Waals surface area contributed by atoms with Crippen LogP contribution in [0.15, 0.2) is 0 Å². The second-order valence-electron chi connectivity index (χ2n) is 2.82. The molecule has 0 amide bonds. The third-order valence-electron chi connectivity index (χ3n) is 2.22. The second kappa shape index (κ2) is 3.38. The largest absolute Gasteiger partial charge is 0.468 e. The smallest absolute Gasteiger partial charge is 0.323 e. The Kier molecular flexibility index (Phi) is 2.48. The Morgan fingerprint density at radius 1 is 1.73 bits per heavy atom. The topological polar surface area (TPSA) is 50.1 Å². The minimum absolute atomic E-state index is 0.257. The molecule has 0 aromatic rings. The van der Waals surface area contributed by atoms with Crippen LogP contribution in [0.4, 0.5) is 0 Å². The molecule has 0 saturated heterocycles. The number of hydrogen-bond donors (Lipinski definition) is 0. The van der Waals surface area contributed by atoms with Crippen molar-refractivity contribution >= 4 is 5.97 Å². The van der Waals surface area contributed by atoms with Crippen molar-refractivity contribution in [1.29, 1.82) is 5.26 Å². The first-order valence-corrected chi connectivity index (χ1v) is 3.77. The molecule has 0 spiro atoms. The minimum atomic E-state index is -0.520. The van der Waals surface area contributed by atoms with E-state index in [0.29, 0.717) is 0 Å². The van der Waals surface area contributed by atoms with Gasteiger partial charge in [-0.3, -0.25) is 4.79 Å². The molecule has 0 aromatic carbocycles. The van der Waals surface area contributed by atoms with E-state index in [0.717, 1.165) is 19.3 Å². The van der Waals surface area contributed by atoms with E-state index < -0.39 is 5.92 Å². The second-order valence-corrected chi connectivity index (χ2v) is 2.82. The Morgan fingerprint density at radius 2 is 2.36 bits per heavy atom. The van der Waals surface area contributed by atoms with Crippen molar-refractivity contribution in [3.8, 4) is 6.07 Å². The maximum atomic E-state index is 10.9. The summed E-state index contributed by atoms with van der Waals surface area (Å²) in [7, 11) is 1.32. The molecule has 3 heteroatoms. The number of carbonyl (C=O) groups excluding carboxylic acids is 1. The van der Waals surface area contributed by atoms with E-state index in [1.165, 1.54) is 7.11 Å². The number of nitrogens with zero attached hydrogens (tertiary/aromatic N) is 1. The first-order valence-electron chi connectivity index (χ1n) is 3.77. The van der Waals surface area contributed by atoms with E-state index in [2.05, 4.69) is 4.74 Å². The van der Waals surface area contributed by atoms with Crippen molar-refractivity contribution in [2.75, 3.05) is 7.11 Å². The summed E-state index contributed by atoms with van der Waals surface area (Å²) in [5, 5.41) is 8.61. The molecular formula is C8H11NO2. The zero-order valence-corrected chi connectivity index (χ0v) is 6.54. The third-order valence-corrected chi connectivity index (χ3v) is 2.22. The molecule has 0 aromatic heterocycles. The van der Waals surface area contributed by atoms with Gasteiger partial charge < -0.3 is 4.74 Å². The summed E-state index contributed by atoms with van der Waals surface area (Å²) in [4.78, 5) is 10.9. The molecule has 1 saturated carbocycles. The molecule has 1 aliphatic carbocycles. The summed E-state index contributed by atoms with van der Waals surface area (Å²) in [5.41, 5.74) is 0. The molecule has 0 unspecified atom stereocenters. The molecule has 0 bridgehead atoms. The van der Waals surface area contributed by atoms with Gasteiger partial charge in [-0.05, 0) is 18.8 Å². The lowest BCUT2D eigenvalue weighted by Crippen LogP contribution is -2.28. The Morgan fingerprint density at radius 3 is 2.64 bits per heavy atom. The van der Waals surface area contributed by atoms with Crippen molar-refractivity contribution in [2.24, 2.45) is 11.8 Å². The molecule has 0 aliphatic heterocycles. The summed E-state index contributed by atoms with van der Waals surface area (Å²) < 4.78 is 4.50. The van der Waals surface area contributed by atoms with Gasteiger partial charge in [-0.1, -0.05) is 6.42 Å². The van der Waals surface area contributed by atoms with E-state index in [1.807, 2.05) is 6.07 Å². The fourth-order valence-electron chi connectivity index (χ4n) is 1.25. The summed E-state index contributed by atoms with van der Waals surface area (Å²) in [6, 6.07) is 1.98. The predicted molar refractivity (Wildman–Crippen MR) is 38.5 cm³/mol. The normalized spacial score (nSPS) is 19.6. The summed E-state index contributed by atoms with van der Waals surface area (Å²) in [6.45, 7) is 0. The summed E-state index contributed by atoms with van der Waals surface area (Å²) >= 11 is 0. The fourth-order valence-corrected chi connectivity index (χ4v) is 1.25. The number of ether oxygens (including phenoxy) is 1. The van der Waals surface area contributed by atoms with Crippen LogP contribution in [0.1, 0.15) is 19.3 Å². The average Bonchev–Trinajstić information content (AvgIpc) is 1.94. The molecule has 0 radical (unpaired) electrons. The van der Waals surface area contributed by atoms with E-state index in [4.69, 9.17) is 5.26 Å². The lowest BCUT2D eigenvalue weighted by Gasteiger charge is -2.27. The SMILES string of the molecule is COC(=O)[C@H](C#N)C1CCC1. The van der Waals surface area contributed by atoms with Crippen LogP contribution in [0, 0.1) is 23.2 Å². The van der Waals surface area contributed by atoms with Crippen molar-refractivity contribution in [2.45, 2.75) is 19.3 Å². The van der Waals surface area contributed by atoms with Crippen molar-refractivity contribution < 1.29 is 9.53 Å². The molecule has 0 heterocycles. The molecule has 1 aliphatic rings. The van der Waals surface area contributed by atoms with Crippen LogP contribution in [0.3, 0.4) is 0 Å². The lowest BCUT2D eigenvalue weighted by molar-refractivity contribution is -0.146. The third kappa shape index (κ3) is 1.51. The maximum absolute atomic E-state index is 10.9. The fraction of sp³-hybridized carbons (Fsp3) is 0.750. The number of carbonyl (C=O) groups is 1. The number of hydrogen-bond acceptors (Lipinski definition) is 3. The Hall–Kier alpha value is -1.04. The Bertz CT molecular complexity index is 191. The maximum Gasteiger partial charge on any atom is 0.323 e. The number of methoxy groups -OCH3 is 1. The van der Waals surface area contributed by atoms with Gasteiger partial charge in [-0.15, -0.1) is 0 Å². The quantitative estimate of drug-likeness (QED) is 0.558. The van der Waals surface area contributed by atoms with Crippen LogP contribution in [0.5, 0.6) is 0 Å². The highest BCUT2D eigenvalue weighted by molar-refractivity contribution is 5.75. The molecule has 1 atom stereocenters. The van der Waals surface area contributed by atoms with Gasteiger partial charge in [0.25, 0.3) is 0 Å². The van der Waals surface area contributed by atoms with Gasteiger partial charge in [-0.2, -0.15) is 5.26 Å². The first kappa shape index (κ1) is 8.06. The summed E-state index contributed by atoms with van der Waals surface area (Å²) in [6.07, 6.45) is 3.13. The van der Waals surface area contributed by atoms with Crippen LogP contribution in [0.2, 0.25) is 0 Å². The Balaban J connectivity index is 2.49. The number of esters is 1. The molecule has 60 valence electrons. The molecule has 1 rings (SSSR count). The molecule has 0 N–H and O–H groups in total. The van der Waals surface area contributed by atoms with Crippen molar-refractivity contribution in [1.82, 2.24) is 0 Å². The summed E-state index contributed by atoms with van der Waals surface area (Å²) in [5.74, 6) is -0.640. The highest BCUT2D eigenvalue weighted by Crippen LogP contribution is 2.33. The highest BCUT2D eigenvalue weighted by atomic mass is 16.5. The van der Waals surface area contributed by atoms with Gasteiger partial charge in [0.05, 0.1) is 13.2 Å². The standard InChI is InChI=1S/C8H11NO2/c1-11-8(10)7(5-9)6-3-2-4-6/h6-7H,2-4H2,1H3/t7-/m1/s1. The van der Waals surface area contributed by atoms with Crippen LogP contribution < -0.4 is 0 Å². The van der Waals surface area contributed by atoms with Gasteiger partial charge >= 0.3 is 5.97 Å². The zero-order valence-electron chi connectivity index (χ0n) is 6.54. The monoisotopic (exact) mass is 153 g/mol. The van der Waals surface area contributed by atoms with Gasteiger partial charge in [0.15, 0.2) is 0 Å². The van der Waals surface area contributed by atoms with E-state index in [-0.39, 0.29) is 11.9 Å². The van der Waals surface area contributed by atoms with Crippen molar-refractivity contribution in [3.05, 3.63) is 0 Å². The molecule has 3 nitrogen and oxygen atoms in total. The number of nitriles is 1. The van der Waals surface area contributed by atoms with Gasteiger partial charge in [0.2, 0.25) is 0 Å². The highest BCUT2D eigenvalue weighted by Gasteiger charge is 2.33. The van der Waals surface area contributed by atoms with E-state index in [9.17, 15) is 4.79 Å².